The van der Waals surface area contributed by atoms with Crippen molar-refractivity contribution >= 4 is 5.57 Å². The van der Waals surface area contributed by atoms with E-state index in [2.05, 4.69) is 86.3 Å². The number of hydrogen-bond donors (Lipinski definition) is 2. The summed E-state index contributed by atoms with van der Waals surface area (Å²) in [5.74, 6) is 2.20. The van der Waals surface area contributed by atoms with Gasteiger partial charge in [0.2, 0.25) is 0 Å². The molecule has 2 unspecified atom stereocenters. The Kier molecular flexibility index (Phi) is 8.96. The number of allylic oxidation sites excluding steroid dienone is 5. The monoisotopic (exact) mass is 518 g/mol. The van der Waals surface area contributed by atoms with E-state index < -0.39 is 6.29 Å². The second-order valence-electron chi connectivity index (χ2n) is 11.7. The topological polar surface area (TPSA) is 40.5 Å². The first-order valence-corrected chi connectivity index (χ1v) is 14.6. The van der Waals surface area contributed by atoms with Crippen molar-refractivity contribution in [3.63, 3.8) is 0 Å². The van der Waals surface area contributed by atoms with Crippen LogP contribution in [0, 0.1) is 17.8 Å². The third-order valence-electron chi connectivity index (χ3n) is 8.81. The minimum atomic E-state index is -1.40. The summed E-state index contributed by atoms with van der Waals surface area (Å²) in [6.07, 6.45) is 13.5. The molecule has 2 aliphatic carbocycles. The SMILES string of the molecule is C=C(CCc1ccccc1)C(c1ccc(C2=CC(C)C=C2)cc1)C1CCC(Cc2ccc(C(O)O)cc2)CC1. The molecule has 1 saturated carbocycles. The lowest BCUT2D eigenvalue weighted by Crippen LogP contribution is -2.23. The maximum atomic E-state index is 9.38. The van der Waals surface area contributed by atoms with Crippen LogP contribution < -0.4 is 0 Å². The van der Waals surface area contributed by atoms with Gasteiger partial charge < -0.3 is 10.2 Å². The van der Waals surface area contributed by atoms with Crippen LogP contribution in [0.5, 0.6) is 0 Å². The highest BCUT2D eigenvalue weighted by atomic mass is 16.5. The lowest BCUT2D eigenvalue weighted by Gasteiger charge is -2.36. The van der Waals surface area contributed by atoms with Gasteiger partial charge in [-0.15, -0.1) is 0 Å². The highest BCUT2D eigenvalue weighted by Gasteiger charge is 2.30. The van der Waals surface area contributed by atoms with Crippen LogP contribution in [0.3, 0.4) is 0 Å². The van der Waals surface area contributed by atoms with E-state index in [1.54, 1.807) is 0 Å². The van der Waals surface area contributed by atoms with E-state index in [0.29, 0.717) is 29.2 Å². The molecule has 2 aliphatic rings. The third-order valence-corrected chi connectivity index (χ3v) is 8.81. The smallest absolute Gasteiger partial charge is 0.178 e. The Morgan fingerprint density at radius 1 is 0.821 bits per heavy atom. The first kappa shape index (κ1) is 27.4. The van der Waals surface area contributed by atoms with Crippen molar-refractivity contribution in [2.45, 2.75) is 64.1 Å². The van der Waals surface area contributed by atoms with Gasteiger partial charge in [-0.25, -0.2) is 0 Å². The average Bonchev–Trinajstić information content (AvgIpc) is 3.40. The van der Waals surface area contributed by atoms with Gasteiger partial charge in [0, 0.05) is 11.5 Å². The molecule has 3 aromatic carbocycles. The van der Waals surface area contributed by atoms with Gasteiger partial charge in [-0.1, -0.05) is 116 Å². The Labute approximate surface area is 234 Å². The fourth-order valence-electron chi connectivity index (χ4n) is 6.56. The second kappa shape index (κ2) is 12.8. The van der Waals surface area contributed by atoms with Crippen LogP contribution in [0.2, 0.25) is 0 Å². The number of aliphatic hydroxyl groups is 2. The van der Waals surface area contributed by atoms with Gasteiger partial charge in [0.15, 0.2) is 6.29 Å². The normalized spacial score (nSPS) is 21.6. The van der Waals surface area contributed by atoms with Crippen LogP contribution in [0.1, 0.15) is 79.1 Å². The second-order valence-corrected chi connectivity index (χ2v) is 11.7. The molecule has 0 spiro atoms. The Balaban J connectivity index is 1.27. The predicted molar refractivity (Wildman–Crippen MR) is 162 cm³/mol. The van der Waals surface area contributed by atoms with Crippen LogP contribution in [0.4, 0.5) is 0 Å². The van der Waals surface area contributed by atoms with Gasteiger partial charge in [-0.2, -0.15) is 0 Å². The lowest BCUT2D eigenvalue weighted by atomic mass is 9.69. The van der Waals surface area contributed by atoms with E-state index in [0.717, 1.165) is 19.3 Å². The molecule has 2 nitrogen and oxygen atoms in total. The Morgan fingerprint density at radius 3 is 2.10 bits per heavy atom. The lowest BCUT2D eigenvalue weighted by molar-refractivity contribution is -0.0424. The van der Waals surface area contributed by atoms with Gasteiger partial charge in [-0.05, 0) is 90.5 Å². The first-order chi connectivity index (χ1) is 19.0. The van der Waals surface area contributed by atoms with Crippen molar-refractivity contribution in [3.05, 3.63) is 137 Å². The zero-order valence-electron chi connectivity index (χ0n) is 23.2. The first-order valence-electron chi connectivity index (χ1n) is 14.6. The summed E-state index contributed by atoms with van der Waals surface area (Å²) < 4.78 is 0. The van der Waals surface area contributed by atoms with E-state index in [9.17, 15) is 10.2 Å². The fraction of sp³-hybridized carbons (Fsp3) is 0.351. The van der Waals surface area contributed by atoms with Crippen molar-refractivity contribution < 1.29 is 10.2 Å². The third kappa shape index (κ3) is 7.06. The summed E-state index contributed by atoms with van der Waals surface area (Å²) >= 11 is 0. The number of rotatable bonds is 10. The average molecular weight is 519 g/mol. The van der Waals surface area contributed by atoms with E-state index in [4.69, 9.17) is 0 Å². The zero-order valence-corrected chi connectivity index (χ0v) is 23.2. The van der Waals surface area contributed by atoms with Gasteiger partial charge >= 0.3 is 0 Å². The Morgan fingerprint density at radius 2 is 1.49 bits per heavy atom. The Bertz CT molecular complexity index is 1270. The highest BCUT2D eigenvalue weighted by Crippen LogP contribution is 2.44. The van der Waals surface area contributed by atoms with Crippen molar-refractivity contribution in [3.8, 4) is 0 Å². The molecule has 0 bridgehead atoms. The quantitative estimate of drug-likeness (QED) is 0.208. The number of aliphatic hydroxyl groups excluding tert-OH is 1. The molecule has 1 fully saturated rings. The Hall–Kier alpha value is -3.20. The summed E-state index contributed by atoms with van der Waals surface area (Å²) in [6, 6.07) is 27.9. The molecule has 39 heavy (non-hydrogen) atoms. The maximum Gasteiger partial charge on any atom is 0.178 e. The maximum absolute atomic E-state index is 9.38. The van der Waals surface area contributed by atoms with Crippen molar-refractivity contribution in [2.75, 3.05) is 0 Å². The molecule has 0 radical (unpaired) electrons. The largest absolute Gasteiger partial charge is 0.364 e. The van der Waals surface area contributed by atoms with E-state index in [1.807, 2.05) is 24.3 Å². The molecule has 0 amide bonds. The van der Waals surface area contributed by atoms with E-state index in [1.165, 1.54) is 59.1 Å². The highest BCUT2D eigenvalue weighted by molar-refractivity contribution is 5.76. The van der Waals surface area contributed by atoms with Crippen LogP contribution in [-0.2, 0) is 12.8 Å². The van der Waals surface area contributed by atoms with Gasteiger partial charge in [0.25, 0.3) is 0 Å². The van der Waals surface area contributed by atoms with Crippen LogP contribution in [0.15, 0.2) is 109 Å². The van der Waals surface area contributed by atoms with Crippen molar-refractivity contribution in [2.24, 2.45) is 17.8 Å². The summed E-state index contributed by atoms with van der Waals surface area (Å²) in [6.45, 7) is 6.91. The van der Waals surface area contributed by atoms with Gasteiger partial charge in [0.1, 0.15) is 0 Å². The van der Waals surface area contributed by atoms with E-state index >= 15 is 0 Å². The fourth-order valence-corrected chi connectivity index (χ4v) is 6.56. The summed E-state index contributed by atoms with van der Waals surface area (Å²) in [5.41, 5.74) is 8.63. The summed E-state index contributed by atoms with van der Waals surface area (Å²) in [7, 11) is 0. The standard InChI is InChI=1S/C37H42O2/c1-26-8-15-35(24-26)31-20-22-33(23-21-31)36(27(2)9-10-28-6-4-3-5-7-28)32-16-11-29(12-17-32)25-30-13-18-34(19-14-30)37(38)39/h3-8,13-15,18-24,26,29,32,36-39H,2,9-12,16-17,25H2,1H3. The molecule has 2 N–H and O–H groups in total. The molecule has 0 heterocycles. The molecule has 2 heteroatoms. The molecule has 3 aromatic rings. The van der Waals surface area contributed by atoms with Crippen molar-refractivity contribution in [1.82, 2.24) is 0 Å². The summed E-state index contributed by atoms with van der Waals surface area (Å²) in [4.78, 5) is 0. The van der Waals surface area contributed by atoms with Gasteiger partial charge in [0.05, 0.1) is 0 Å². The molecule has 0 aromatic heterocycles. The van der Waals surface area contributed by atoms with Crippen LogP contribution >= 0.6 is 0 Å². The molecule has 0 saturated heterocycles. The van der Waals surface area contributed by atoms with Crippen LogP contribution in [-0.4, -0.2) is 10.2 Å². The van der Waals surface area contributed by atoms with E-state index in [-0.39, 0.29) is 0 Å². The minimum absolute atomic E-state index is 0.390. The van der Waals surface area contributed by atoms with Crippen molar-refractivity contribution in [1.29, 1.82) is 0 Å². The molecular weight excluding hydrogens is 476 g/mol. The molecule has 2 atom stereocenters. The minimum Gasteiger partial charge on any atom is -0.364 e. The van der Waals surface area contributed by atoms with Crippen LogP contribution in [0.25, 0.3) is 5.57 Å². The summed E-state index contributed by atoms with van der Waals surface area (Å²) in [5, 5.41) is 18.8. The molecule has 202 valence electrons. The number of benzene rings is 3. The zero-order chi connectivity index (χ0) is 27.2. The molecule has 0 aliphatic heterocycles. The van der Waals surface area contributed by atoms with Gasteiger partial charge in [-0.3, -0.25) is 0 Å². The molecular formula is C37H42O2. The number of aryl methyl sites for hydroxylation is 1. The molecule has 5 rings (SSSR count). The number of hydrogen-bond acceptors (Lipinski definition) is 2. The predicted octanol–water partition coefficient (Wildman–Crippen LogP) is 8.58.